The molecule has 0 bridgehead atoms. The maximum Gasteiger partial charge on any atom is 0.354 e. The Morgan fingerprint density at radius 1 is 1.26 bits per heavy atom. The van der Waals surface area contributed by atoms with Crippen LogP contribution in [0.2, 0.25) is 0 Å². The van der Waals surface area contributed by atoms with Crippen LogP contribution in [0.15, 0.2) is 30.6 Å². The average molecular weight is 384 g/mol. The fourth-order valence-electron chi connectivity index (χ4n) is 2.70. The number of aryl methyl sites for hydroxylation is 3. The molecule has 1 N–H and O–H groups in total. The van der Waals surface area contributed by atoms with Gasteiger partial charge in [-0.25, -0.2) is 15.0 Å². The van der Waals surface area contributed by atoms with Crippen LogP contribution >= 0.6 is 11.3 Å². The second-order valence-electron chi connectivity index (χ2n) is 6.02. The van der Waals surface area contributed by atoms with E-state index in [1.807, 2.05) is 52.0 Å². The molecule has 0 fully saturated rings. The largest absolute Gasteiger partial charge is 0.354 e. The molecule has 8 nitrogen and oxygen atoms in total. The van der Waals surface area contributed by atoms with Crippen molar-refractivity contribution < 1.29 is 4.92 Å². The van der Waals surface area contributed by atoms with E-state index >= 15 is 0 Å². The van der Waals surface area contributed by atoms with Crippen molar-refractivity contribution in [3.8, 4) is 0 Å². The molecule has 3 rings (SSSR count). The molecule has 0 unspecified atom stereocenters. The van der Waals surface area contributed by atoms with E-state index in [1.165, 1.54) is 17.7 Å². The zero-order valence-corrected chi connectivity index (χ0v) is 16.4. The topological polar surface area (TPSA) is 97.1 Å². The van der Waals surface area contributed by atoms with Crippen molar-refractivity contribution in [2.24, 2.45) is 0 Å². The van der Waals surface area contributed by atoms with Gasteiger partial charge in [-0.05, 0) is 45.4 Å². The Kier molecular flexibility index (Phi) is 5.31. The van der Waals surface area contributed by atoms with Crippen molar-refractivity contribution in [1.29, 1.82) is 0 Å². The lowest BCUT2D eigenvalue weighted by Gasteiger charge is -2.22. The van der Waals surface area contributed by atoms with E-state index in [0.29, 0.717) is 11.7 Å². The van der Waals surface area contributed by atoms with E-state index < -0.39 is 4.92 Å². The highest BCUT2D eigenvalue weighted by Gasteiger charge is 2.28. The number of thiazole rings is 1. The van der Waals surface area contributed by atoms with Crippen LogP contribution in [0.3, 0.4) is 0 Å². The summed E-state index contributed by atoms with van der Waals surface area (Å²) in [6.07, 6.45) is 1.33. The SMILES string of the molecule is CCN(c1cccc(C)c1)c1ncnc(Nc2nc(C)c(C)s2)c1[N+](=O)[O-]. The number of hydrogen-bond acceptors (Lipinski definition) is 8. The highest BCUT2D eigenvalue weighted by atomic mass is 32.1. The van der Waals surface area contributed by atoms with Gasteiger partial charge in [0.1, 0.15) is 6.33 Å². The summed E-state index contributed by atoms with van der Waals surface area (Å²) in [5.74, 6) is 0.375. The quantitative estimate of drug-likeness (QED) is 0.487. The van der Waals surface area contributed by atoms with Gasteiger partial charge in [0.25, 0.3) is 0 Å². The summed E-state index contributed by atoms with van der Waals surface area (Å²) in [6.45, 7) is 8.28. The van der Waals surface area contributed by atoms with E-state index in [0.717, 1.165) is 21.8 Å². The Hall–Kier alpha value is -3.07. The average Bonchev–Trinajstić information content (AvgIpc) is 2.93. The van der Waals surface area contributed by atoms with Crippen molar-refractivity contribution in [2.75, 3.05) is 16.8 Å². The van der Waals surface area contributed by atoms with Gasteiger partial charge < -0.3 is 10.2 Å². The van der Waals surface area contributed by atoms with Gasteiger partial charge in [0.15, 0.2) is 5.13 Å². The third kappa shape index (κ3) is 3.87. The summed E-state index contributed by atoms with van der Waals surface area (Å²) in [6, 6.07) is 7.77. The molecule has 2 aromatic heterocycles. The van der Waals surface area contributed by atoms with Crippen LogP contribution in [0.1, 0.15) is 23.1 Å². The smallest absolute Gasteiger partial charge is 0.321 e. The molecule has 0 radical (unpaired) electrons. The predicted octanol–water partition coefficient (Wildman–Crippen LogP) is 4.67. The van der Waals surface area contributed by atoms with Crippen LogP contribution in [0.4, 0.5) is 28.1 Å². The van der Waals surface area contributed by atoms with Crippen molar-refractivity contribution in [3.05, 3.63) is 56.8 Å². The summed E-state index contributed by atoms with van der Waals surface area (Å²) in [7, 11) is 0. The molecule has 0 aliphatic carbocycles. The van der Waals surface area contributed by atoms with Crippen molar-refractivity contribution in [1.82, 2.24) is 15.0 Å². The van der Waals surface area contributed by atoms with Gasteiger partial charge in [-0.15, -0.1) is 11.3 Å². The molecule has 0 atom stereocenters. The number of hydrogen-bond donors (Lipinski definition) is 1. The minimum absolute atomic E-state index is 0.129. The van der Waals surface area contributed by atoms with E-state index in [-0.39, 0.29) is 17.3 Å². The number of anilines is 4. The molecule has 27 heavy (non-hydrogen) atoms. The molecular weight excluding hydrogens is 364 g/mol. The first kappa shape index (κ1) is 18.7. The molecule has 0 saturated heterocycles. The van der Waals surface area contributed by atoms with Crippen molar-refractivity contribution in [3.63, 3.8) is 0 Å². The Balaban J connectivity index is 2.08. The van der Waals surface area contributed by atoms with Crippen molar-refractivity contribution >= 4 is 39.5 Å². The second kappa shape index (κ2) is 7.67. The molecule has 1 aromatic carbocycles. The predicted molar refractivity (Wildman–Crippen MR) is 107 cm³/mol. The standard InChI is InChI=1S/C18H20N6O2S/c1-5-23(14-8-6-7-11(2)9-14)17-15(24(25)26)16(19-10-20-17)22-18-21-12(3)13(4)27-18/h6-10H,5H2,1-4H3,(H,19,20,21,22). The lowest BCUT2D eigenvalue weighted by Crippen LogP contribution is -2.19. The van der Waals surface area contributed by atoms with Crippen LogP contribution in [0.25, 0.3) is 0 Å². The number of nitrogens with one attached hydrogen (secondary N) is 1. The summed E-state index contributed by atoms with van der Waals surface area (Å²) in [4.78, 5) is 27.0. The normalized spacial score (nSPS) is 10.7. The molecule has 140 valence electrons. The first-order valence-electron chi connectivity index (χ1n) is 8.45. The maximum absolute atomic E-state index is 11.9. The number of aromatic nitrogens is 3. The third-order valence-corrected chi connectivity index (χ3v) is 5.11. The molecular formula is C18H20N6O2S. The van der Waals surface area contributed by atoms with Crippen LogP contribution in [0.5, 0.6) is 0 Å². The number of rotatable bonds is 6. The zero-order valence-electron chi connectivity index (χ0n) is 15.6. The molecule has 2 heterocycles. The van der Waals surface area contributed by atoms with Gasteiger partial charge in [-0.3, -0.25) is 10.1 Å². The van der Waals surface area contributed by atoms with Gasteiger partial charge in [-0.2, -0.15) is 0 Å². The van der Waals surface area contributed by atoms with Gasteiger partial charge >= 0.3 is 5.69 Å². The fourth-order valence-corrected chi connectivity index (χ4v) is 3.52. The van der Waals surface area contributed by atoms with E-state index in [2.05, 4.69) is 20.3 Å². The zero-order chi connectivity index (χ0) is 19.6. The molecule has 0 aliphatic heterocycles. The monoisotopic (exact) mass is 384 g/mol. The fraction of sp³-hybridized carbons (Fsp3) is 0.278. The first-order valence-corrected chi connectivity index (χ1v) is 9.27. The molecule has 0 amide bonds. The molecule has 0 saturated carbocycles. The Bertz CT molecular complexity index is 968. The van der Waals surface area contributed by atoms with Gasteiger partial charge in [0.2, 0.25) is 11.6 Å². The lowest BCUT2D eigenvalue weighted by atomic mass is 10.2. The second-order valence-corrected chi connectivity index (χ2v) is 7.22. The minimum Gasteiger partial charge on any atom is -0.321 e. The summed E-state index contributed by atoms with van der Waals surface area (Å²) in [5.41, 5.74) is 2.61. The first-order chi connectivity index (χ1) is 12.9. The van der Waals surface area contributed by atoms with E-state index in [4.69, 9.17) is 0 Å². The van der Waals surface area contributed by atoms with Crippen LogP contribution in [-0.4, -0.2) is 26.4 Å². The Morgan fingerprint density at radius 3 is 2.63 bits per heavy atom. The summed E-state index contributed by atoms with van der Waals surface area (Å²) >= 11 is 1.43. The van der Waals surface area contributed by atoms with Crippen LogP contribution < -0.4 is 10.2 Å². The van der Waals surface area contributed by atoms with Gasteiger partial charge in [0.05, 0.1) is 10.6 Å². The van der Waals surface area contributed by atoms with Crippen molar-refractivity contribution in [2.45, 2.75) is 27.7 Å². The molecule has 0 spiro atoms. The maximum atomic E-state index is 11.9. The summed E-state index contributed by atoms with van der Waals surface area (Å²) in [5, 5.41) is 15.4. The van der Waals surface area contributed by atoms with E-state index in [1.54, 1.807) is 4.90 Å². The lowest BCUT2D eigenvalue weighted by molar-refractivity contribution is -0.383. The molecule has 0 aliphatic rings. The third-order valence-electron chi connectivity index (χ3n) is 4.12. The van der Waals surface area contributed by atoms with Gasteiger partial charge in [-0.1, -0.05) is 12.1 Å². The number of nitro groups is 1. The number of nitrogens with zero attached hydrogens (tertiary/aromatic N) is 5. The number of benzene rings is 1. The van der Waals surface area contributed by atoms with Crippen LogP contribution in [0, 0.1) is 30.9 Å². The highest BCUT2D eigenvalue weighted by Crippen LogP contribution is 2.37. The minimum atomic E-state index is -0.455. The Labute approximate surface area is 161 Å². The molecule has 9 heteroatoms. The summed E-state index contributed by atoms with van der Waals surface area (Å²) < 4.78 is 0. The van der Waals surface area contributed by atoms with Crippen LogP contribution in [-0.2, 0) is 0 Å². The highest BCUT2D eigenvalue weighted by molar-refractivity contribution is 7.15. The molecule has 3 aromatic rings. The Morgan fingerprint density at radius 2 is 2.04 bits per heavy atom. The van der Waals surface area contributed by atoms with E-state index in [9.17, 15) is 10.1 Å². The van der Waals surface area contributed by atoms with Gasteiger partial charge in [0, 0.05) is 17.1 Å².